The lowest BCUT2D eigenvalue weighted by atomic mass is 9.32. The minimum Gasteiger partial charge on any atom is -0.313 e. The lowest BCUT2D eigenvalue weighted by Crippen LogP contribution is -2.68. The lowest BCUT2D eigenvalue weighted by molar-refractivity contribution is -0.235. The van der Waals surface area contributed by atoms with Crippen molar-refractivity contribution in [3.63, 3.8) is 0 Å². The van der Waals surface area contributed by atoms with Gasteiger partial charge in [-0.05, 0) is 54.3 Å². The van der Waals surface area contributed by atoms with E-state index in [0.29, 0.717) is 5.41 Å². The minimum atomic E-state index is 0.664. The zero-order chi connectivity index (χ0) is 11.4. The Kier molecular flexibility index (Phi) is 2.27. The molecule has 16 heavy (non-hydrogen) atoms. The minimum absolute atomic E-state index is 0.664. The fourth-order valence-electron chi connectivity index (χ4n) is 5.74. The van der Waals surface area contributed by atoms with Gasteiger partial charge in [-0.1, -0.05) is 19.9 Å². The van der Waals surface area contributed by atoms with Crippen molar-refractivity contribution in [3.05, 3.63) is 12.7 Å². The molecular formula is C15H25N. The average Bonchev–Trinajstić information content (AvgIpc) is 2.51. The van der Waals surface area contributed by atoms with Crippen LogP contribution in [0.4, 0.5) is 0 Å². The van der Waals surface area contributed by atoms with Crippen LogP contribution in [0.25, 0.3) is 0 Å². The molecule has 3 aliphatic carbocycles. The summed E-state index contributed by atoms with van der Waals surface area (Å²) in [6.45, 7) is 11.0. The molecule has 3 saturated carbocycles. The summed E-state index contributed by atoms with van der Waals surface area (Å²) in [6, 6.07) is 0. The van der Waals surface area contributed by atoms with Crippen LogP contribution in [0.3, 0.4) is 0 Å². The molecule has 90 valence electrons. The topological polar surface area (TPSA) is 12.0 Å². The Morgan fingerprint density at radius 1 is 1.31 bits per heavy atom. The summed E-state index contributed by atoms with van der Waals surface area (Å²) in [7, 11) is 0. The predicted molar refractivity (Wildman–Crippen MR) is 68.2 cm³/mol. The predicted octanol–water partition coefficient (Wildman–Crippen LogP) is 3.22. The maximum atomic E-state index is 3.80. The summed E-state index contributed by atoms with van der Waals surface area (Å²) in [5, 5.41) is 3.60. The number of hydrogen-bond donors (Lipinski definition) is 1. The van der Waals surface area contributed by atoms with E-state index in [1.165, 1.54) is 32.2 Å². The highest BCUT2D eigenvalue weighted by Gasteiger charge is 2.74. The van der Waals surface area contributed by atoms with Crippen LogP contribution in [0.5, 0.6) is 0 Å². The molecule has 0 aromatic carbocycles. The summed E-state index contributed by atoms with van der Waals surface area (Å²) in [6.07, 6.45) is 7.98. The molecular weight excluding hydrogens is 194 g/mol. The second kappa shape index (κ2) is 3.35. The van der Waals surface area contributed by atoms with Crippen molar-refractivity contribution >= 4 is 0 Å². The van der Waals surface area contributed by atoms with E-state index in [0.717, 1.165) is 29.7 Å². The van der Waals surface area contributed by atoms with E-state index < -0.39 is 0 Å². The van der Waals surface area contributed by atoms with Crippen LogP contribution in [0.1, 0.15) is 39.5 Å². The first kappa shape index (κ1) is 10.8. The zero-order valence-corrected chi connectivity index (χ0v) is 10.8. The van der Waals surface area contributed by atoms with Crippen molar-refractivity contribution in [2.24, 2.45) is 28.6 Å². The fraction of sp³-hybridized carbons (Fsp3) is 0.867. The van der Waals surface area contributed by atoms with E-state index in [2.05, 4.69) is 25.7 Å². The number of hydrogen-bond acceptors (Lipinski definition) is 1. The highest BCUT2D eigenvalue weighted by atomic mass is 14.9. The molecule has 1 N–H and O–H groups in total. The molecule has 1 spiro atoms. The monoisotopic (exact) mass is 219 g/mol. The van der Waals surface area contributed by atoms with E-state index in [-0.39, 0.29) is 0 Å². The van der Waals surface area contributed by atoms with Crippen LogP contribution in [-0.2, 0) is 0 Å². The van der Waals surface area contributed by atoms with Gasteiger partial charge in [0.2, 0.25) is 0 Å². The molecule has 3 aliphatic rings. The van der Waals surface area contributed by atoms with Gasteiger partial charge in [0.15, 0.2) is 0 Å². The van der Waals surface area contributed by atoms with Crippen LogP contribution in [0, 0.1) is 28.6 Å². The number of rotatable bonds is 4. The second-order valence-corrected chi connectivity index (χ2v) is 6.79. The molecule has 0 amide bonds. The normalized spacial score (nSPS) is 53.5. The zero-order valence-electron chi connectivity index (χ0n) is 10.8. The smallest absolute Gasteiger partial charge is 0.0132 e. The molecule has 0 radical (unpaired) electrons. The van der Waals surface area contributed by atoms with Crippen LogP contribution in [-0.4, -0.2) is 13.1 Å². The summed E-state index contributed by atoms with van der Waals surface area (Å²) in [5.41, 5.74) is 1.42. The Balaban J connectivity index is 1.76. The van der Waals surface area contributed by atoms with Crippen LogP contribution < -0.4 is 5.32 Å². The van der Waals surface area contributed by atoms with Gasteiger partial charge >= 0.3 is 0 Å². The molecule has 3 rings (SSSR count). The number of nitrogens with one attached hydrogen (secondary N) is 1. The Morgan fingerprint density at radius 3 is 2.75 bits per heavy atom. The first-order chi connectivity index (χ1) is 7.64. The van der Waals surface area contributed by atoms with Crippen LogP contribution in [0.15, 0.2) is 12.7 Å². The molecule has 1 heteroatoms. The molecule has 0 heterocycles. The van der Waals surface area contributed by atoms with Gasteiger partial charge in [-0.25, -0.2) is 0 Å². The van der Waals surface area contributed by atoms with Gasteiger partial charge in [0.25, 0.3) is 0 Å². The molecule has 5 atom stereocenters. The Morgan fingerprint density at radius 2 is 2.12 bits per heavy atom. The Bertz CT molecular complexity index is 305. The summed E-state index contributed by atoms with van der Waals surface area (Å²) >= 11 is 0. The van der Waals surface area contributed by atoms with Gasteiger partial charge in [-0.15, -0.1) is 6.58 Å². The van der Waals surface area contributed by atoms with E-state index in [4.69, 9.17) is 0 Å². The molecule has 0 aliphatic heterocycles. The summed E-state index contributed by atoms with van der Waals surface area (Å²) < 4.78 is 0. The Hall–Kier alpha value is -0.300. The summed E-state index contributed by atoms with van der Waals surface area (Å²) in [4.78, 5) is 0. The fourth-order valence-corrected chi connectivity index (χ4v) is 5.74. The SMILES string of the molecule is C=CCNCC12CC(C)CC13C(C)CC3C2. The third-order valence-corrected chi connectivity index (χ3v) is 6.05. The maximum Gasteiger partial charge on any atom is 0.0132 e. The van der Waals surface area contributed by atoms with Crippen molar-refractivity contribution in [1.82, 2.24) is 5.32 Å². The lowest BCUT2D eigenvalue weighted by Gasteiger charge is -2.72. The van der Waals surface area contributed by atoms with Gasteiger partial charge in [0.05, 0.1) is 0 Å². The van der Waals surface area contributed by atoms with Gasteiger partial charge in [-0.3, -0.25) is 0 Å². The standard InChI is InChI=1S/C15H25N/c1-4-5-16-10-14-7-11(2)8-15(14)12(3)6-13(15)9-14/h4,11-13,16H,1,5-10H2,2-3H3. The first-order valence-electron chi connectivity index (χ1n) is 6.96. The largest absolute Gasteiger partial charge is 0.313 e. The Labute approximate surface area is 99.7 Å². The van der Waals surface area contributed by atoms with E-state index in [1.807, 2.05) is 6.08 Å². The van der Waals surface area contributed by atoms with Gasteiger partial charge < -0.3 is 5.32 Å². The van der Waals surface area contributed by atoms with Gasteiger partial charge in [-0.2, -0.15) is 0 Å². The average molecular weight is 219 g/mol. The van der Waals surface area contributed by atoms with E-state index >= 15 is 0 Å². The highest BCUT2D eigenvalue weighted by molar-refractivity contribution is 5.24. The third kappa shape index (κ3) is 1.06. The van der Waals surface area contributed by atoms with Crippen molar-refractivity contribution in [3.8, 4) is 0 Å². The van der Waals surface area contributed by atoms with Crippen LogP contribution in [0.2, 0.25) is 0 Å². The van der Waals surface area contributed by atoms with Crippen LogP contribution >= 0.6 is 0 Å². The van der Waals surface area contributed by atoms with Crippen molar-refractivity contribution in [2.75, 3.05) is 13.1 Å². The highest BCUT2D eigenvalue weighted by Crippen LogP contribution is 2.80. The molecule has 5 unspecified atom stereocenters. The quantitative estimate of drug-likeness (QED) is 0.565. The van der Waals surface area contributed by atoms with E-state index in [1.54, 1.807) is 0 Å². The molecule has 0 bridgehead atoms. The van der Waals surface area contributed by atoms with Crippen molar-refractivity contribution in [1.29, 1.82) is 0 Å². The molecule has 0 saturated heterocycles. The molecule has 0 aromatic rings. The van der Waals surface area contributed by atoms with Gasteiger partial charge in [0, 0.05) is 13.1 Å². The second-order valence-electron chi connectivity index (χ2n) is 6.79. The van der Waals surface area contributed by atoms with Crippen molar-refractivity contribution < 1.29 is 0 Å². The third-order valence-electron chi connectivity index (χ3n) is 6.05. The molecule has 0 aromatic heterocycles. The van der Waals surface area contributed by atoms with E-state index in [9.17, 15) is 0 Å². The molecule has 1 nitrogen and oxygen atoms in total. The summed E-state index contributed by atoms with van der Waals surface area (Å²) in [5.74, 6) is 3.03. The molecule has 3 fully saturated rings. The first-order valence-corrected chi connectivity index (χ1v) is 6.96. The maximum absolute atomic E-state index is 3.80. The van der Waals surface area contributed by atoms with Gasteiger partial charge in [0.1, 0.15) is 0 Å². The van der Waals surface area contributed by atoms with Crippen molar-refractivity contribution in [2.45, 2.75) is 39.5 Å².